The highest BCUT2D eigenvalue weighted by Crippen LogP contribution is 2.41. The average molecular weight is 267 g/mol. The van der Waals surface area contributed by atoms with Crippen LogP contribution in [-0.4, -0.2) is 46.0 Å². The summed E-state index contributed by atoms with van der Waals surface area (Å²) in [6.07, 6.45) is -1.75. The molecule has 1 aromatic rings. The Morgan fingerprint density at radius 3 is 3.00 bits per heavy atom. The van der Waals surface area contributed by atoms with Gasteiger partial charge in [-0.15, -0.1) is 0 Å². The highest BCUT2D eigenvalue weighted by Gasteiger charge is 2.49. The van der Waals surface area contributed by atoms with Crippen molar-refractivity contribution in [2.24, 2.45) is 0 Å². The zero-order valence-electron chi connectivity index (χ0n) is 9.87. The number of nitrogens with one attached hydrogen (secondary N) is 1. The van der Waals surface area contributed by atoms with Crippen LogP contribution in [-0.2, 0) is 4.74 Å². The molecule has 19 heavy (non-hydrogen) atoms. The van der Waals surface area contributed by atoms with Crippen LogP contribution in [0.1, 0.15) is 16.8 Å². The number of aromatic carboxylic acids is 1. The Morgan fingerprint density at radius 2 is 2.26 bits per heavy atom. The largest absolute Gasteiger partial charge is 0.478 e. The molecule has 7 nitrogen and oxygen atoms in total. The Hall–Kier alpha value is -1.83. The maximum Gasteiger partial charge on any atom is 0.337 e. The number of carboxylic acids is 1. The fourth-order valence-electron chi connectivity index (χ4n) is 2.36. The van der Waals surface area contributed by atoms with Crippen molar-refractivity contribution in [2.75, 3.05) is 11.9 Å². The van der Waals surface area contributed by atoms with Gasteiger partial charge in [0, 0.05) is 6.42 Å². The van der Waals surface area contributed by atoms with Gasteiger partial charge in [-0.2, -0.15) is 0 Å². The summed E-state index contributed by atoms with van der Waals surface area (Å²) in [6.45, 7) is 0.0495. The predicted octanol–water partition coefficient (Wildman–Crippen LogP) is -0.0150. The van der Waals surface area contributed by atoms with E-state index in [-0.39, 0.29) is 30.0 Å². The van der Waals surface area contributed by atoms with Crippen molar-refractivity contribution in [2.45, 2.75) is 24.5 Å². The second-order valence-corrected chi connectivity index (χ2v) is 4.65. The van der Waals surface area contributed by atoms with Gasteiger partial charge in [-0.1, -0.05) is 6.07 Å². The molecule has 0 aliphatic carbocycles. The van der Waals surface area contributed by atoms with Gasteiger partial charge in [0.2, 0.25) is 0 Å². The fourth-order valence-corrected chi connectivity index (χ4v) is 2.36. The number of ether oxygens (including phenoxy) is 2. The monoisotopic (exact) mass is 267 g/mol. The van der Waals surface area contributed by atoms with E-state index in [9.17, 15) is 15.0 Å². The number of aliphatic hydroxyl groups is 2. The molecule has 4 N–H and O–H groups in total. The van der Waals surface area contributed by atoms with Crippen molar-refractivity contribution in [1.82, 2.24) is 0 Å². The normalized spacial score (nSPS) is 32.5. The van der Waals surface area contributed by atoms with Crippen molar-refractivity contribution in [3.63, 3.8) is 0 Å². The smallest absolute Gasteiger partial charge is 0.337 e. The second kappa shape index (κ2) is 4.09. The van der Waals surface area contributed by atoms with Gasteiger partial charge in [0.1, 0.15) is 5.75 Å². The van der Waals surface area contributed by atoms with Crippen LogP contribution in [0.3, 0.4) is 0 Å². The molecule has 2 aliphatic heterocycles. The minimum Gasteiger partial charge on any atom is -0.478 e. The second-order valence-electron chi connectivity index (χ2n) is 4.65. The highest BCUT2D eigenvalue weighted by atomic mass is 16.7. The number of aliphatic hydroxyl groups excluding tert-OH is 1. The van der Waals surface area contributed by atoms with Crippen molar-refractivity contribution in [3.8, 4) is 5.75 Å². The molecular formula is C12H13NO6. The van der Waals surface area contributed by atoms with Crippen molar-refractivity contribution < 1.29 is 29.6 Å². The van der Waals surface area contributed by atoms with Crippen LogP contribution in [0.15, 0.2) is 18.2 Å². The average Bonchev–Trinajstić information content (AvgIpc) is 2.34. The van der Waals surface area contributed by atoms with Gasteiger partial charge >= 0.3 is 5.97 Å². The molecule has 0 saturated carbocycles. The third kappa shape index (κ3) is 1.92. The van der Waals surface area contributed by atoms with Gasteiger partial charge in [-0.3, -0.25) is 0 Å². The number of anilines is 1. The van der Waals surface area contributed by atoms with E-state index < -0.39 is 24.1 Å². The molecule has 0 aromatic heterocycles. The summed E-state index contributed by atoms with van der Waals surface area (Å²) in [5, 5.41) is 31.8. The Kier molecular flexibility index (Phi) is 2.63. The number of benzene rings is 1. The Balaban J connectivity index is 2.02. The Labute approximate surface area is 108 Å². The minimum atomic E-state index is -1.71. The standard InChI is InChI=1S/C12H13NO6/c14-6-4-12(17)11(18-5-6)13-9-7(10(15)16)2-1-3-8(9)19-12/h1-3,6,11,13-14,17H,4-5H2,(H,15,16)/t6-,11+,12-/m0/s1. The molecule has 3 rings (SSSR count). The molecule has 0 unspecified atom stereocenters. The van der Waals surface area contributed by atoms with Crippen LogP contribution in [0.5, 0.6) is 5.75 Å². The van der Waals surface area contributed by atoms with E-state index in [4.69, 9.17) is 14.6 Å². The third-order valence-electron chi connectivity index (χ3n) is 3.21. The number of rotatable bonds is 1. The lowest BCUT2D eigenvalue weighted by Gasteiger charge is -2.45. The third-order valence-corrected chi connectivity index (χ3v) is 3.21. The van der Waals surface area contributed by atoms with Crippen LogP contribution >= 0.6 is 0 Å². The van der Waals surface area contributed by atoms with Gasteiger partial charge in [0.15, 0.2) is 6.23 Å². The Morgan fingerprint density at radius 1 is 1.47 bits per heavy atom. The van der Waals surface area contributed by atoms with Crippen molar-refractivity contribution >= 4 is 11.7 Å². The lowest BCUT2D eigenvalue weighted by Crippen LogP contribution is -2.61. The lowest BCUT2D eigenvalue weighted by molar-refractivity contribution is -0.263. The van der Waals surface area contributed by atoms with E-state index in [1.807, 2.05) is 0 Å². The van der Waals surface area contributed by atoms with Gasteiger partial charge in [0.05, 0.1) is 24.0 Å². The first kappa shape index (κ1) is 12.2. The summed E-state index contributed by atoms with van der Waals surface area (Å²) < 4.78 is 10.7. The predicted molar refractivity (Wildman–Crippen MR) is 63.0 cm³/mol. The summed E-state index contributed by atoms with van der Waals surface area (Å²) in [5.41, 5.74) is 0.301. The fraction of sp³-hybridized carbons (Fsp3) is 0.417. The number of fused-ring (bicyclic) bond motifs is 2. The molecule has 3 atom stereocenters. The van der Waals surface area contributed by atoms with E-state index in [2.05, 4.69) is 5.32 Å². The SMILES string of the molecule is O=C(O)c1cccc2c1N[C@@H]1OC[C@@H](O)C[C@]1(O)O2. The van der Waals surface area contributed by atoms with E-state index in [1.54, 1.807) is 6.07 Å². The van der Waals surface area contributed by atoms with E-state index in [1.165, 1.54) is 12.1 Å². The molecule has 0 radical (unpaired) electrons. The molecule has 1 aromatic carbocycles. The first-order chi connectivity index (χ1) is 8.99. The number of hydrogen-bond donors (Lipinski definition) is 4. The molecule has 2 aliphatic rings. The summed E-state index contributed by atoms with van der Waals surface area (Å²) in [5.74, 6) is -2.59. The maximum absolute atomic E-state index is 11.1. The van der Waals surface area contributed by atoms with Gasteiger partial charge < -0.3 is 30.1 Å². The molecule has 1 saturated heterocycles. The number of hydrogen-bond acceptors (Lipinski definition) is 6. The minimum absolute atomic E-state index is 0.0125. The van der Waals surface area contributed by atoms with Crippen LogP contribution in [0.4, 0.5) is 5.69 Å². The lowest BCUT2D eigenvalue weighted by atomic mass is 10.0. The summed E-state index contributed by atoms with van der Waals surface area (Å²) in [4.78, 5) is 11.1. The maximum atomic E-state index is 11.1. The molecule has 102 valence electrons. The van der Waals surface area contributed by atoms with Gasteiger partial charge in [0.25, 0.3) is 5.79 Å². The molecule has 0 amide bonds. The quantitative estimate of drug-likeness (QED) is 0.566. The number of para-hydroxylation sites is 1. The van der Waals surface area contributed by atoms with Crippen LogP contribution < -0.4 is 10.1 Å². The molecule has 7 heteroatoms. The van der Waals surface area contributed by atoms with E-state index in [0.29, 0.717) is 0 Å². The first-order valence-electron chi connectivity index (χ1n) is 5.83. The van der Waals surface area contributed by atoms with Crippen LogP contribution in [0, 0.1) is 0 Å². The molecule has 1 fully saturated rings. The summed E-state index contributed by atoms with van der Waals surface area (Å²) >= 11 is 0. The summed E-state index contributed by atoms with van der Waals surface area (Å²) in [7, 11) is 0. The molecule has 0 bridgehead atoms. The van der Waals surface area contributed by atoms with Crippen LogP contribution in [0.25, 0.3) is 0 Å². The number of carboxylic acid groups (broad SMARTS) is 1. The van der Waals surface area contributed by atoms with Crippen molar-refractivity contribution in [1.29, 1.82) is 0 Å². The van der Waals surface area contributed by atoms with Crippen LogP contribution in [0.2, 0.25) is 0 Å². The first-order valence-corrected chi connectivity index (χ1v) is 5.83. The van der Waals surface area contributed by atoms with Gasteiger partial charge in [-0.25, -0.2) is 4.79 Å². The van der Waals surface area contributed by atoms with Gasteiger partial charge in [-0.05, 0) is 12.1 Å². The Bertz CT molecular complexity index is 533. The topological polar surface area (TPSA) is 108 Å². The zero-order valence-corrected chi connectivity index (χ0v) is 9.87. The summed E-state index contributed by atoms with van der Waals surface area (Å²) in [6, 6.07) is 4.50. The van der Waals surface area contributed by atoms with E-state index in [0.717, 1.165) is 0 Å². The van der Waals surface area contributed by atoms with E-state index >= 15 is 0 Å². The van der Waals surface area contributed by atoms with Crippen molar-refractivity contribution in [3.05, 3.63) is 23.8 Å². The number of carbonyl (C=O) groups is 1. The molecule has 2 heterocycles. The molecular weight excluding hydrogens is 254 g/mol. The highest BCUT2D eigenvalue weighted by molar-refractivity contribution is 5.96. The molecule has 0 spiro atoms. The zero-order chi connectivity index (χ0) is 13.6.